The van der Waals surface area contributed by atoms with Gasteiger partial charge in [-0.1, -0.05) is 92.4 Å². The number of para-hydroxylation sites is 1. The van der Waals surface area contributed by atoms with Crippen molar-refractivity contribution < 1.29 is 77.0 Å². The zero-order valence-corrected chi connectivity index (χ0v) is 57.8. The van der Waals surface area contributed by atoms with E-state index in [0.717, 1.165) is 45.6 Å². The highest BCUT2D eigenvalue weighted by atomic mass is 16.6. The molecule has 1 aliphatic carbocycles. The lowest BCUT2D eigenvalue weighted by Crippen LogP contribution is -2.55. The smallest absolute Gasteiger partial charge is 0.416 e. The van der Waals surface area contributed by atoms with Crippen molar-refractivity contribution in [1.29, 1.82) is 0 Å². The lowest BCUT2D eigenvalue weighted by molar-refractivity contribution is -0.132. The summed E-state index contributed by atoms with van der Waals surface area (Å²) < 4.78 is 29.9. The number of aliphatic hydroxyl groups excluding tert-OH is 2. The molecule has 1 saturated heterocycles. The number of amides is 9. The topological polar surface area (TPSA) is 325 Å². The van der Waals surface area contributed by atoms with Crippen LogP contribution in [0.25, 0.3) is 5.57 Å². The molecule has 103 heavy (non-hydrogen) atoms. The van der Waals surface area contributed by atoms with Crippen LogP contribution in [0, 0.1) is 23.2 Å². The van der Waals surface area contributed by atoms with E-state index in [2.05, 4.69) is 43.7 Å². The zero-order valence-electron chi connectivity index (χ0n) is 57.8. The van der Waals surface area contributed by atoms with Crippen molar-refractivity contribution in [2.75, 3.05) is 74.0 Å². The van der Waals surface area contributed by atoms with Gasteiger partial charge in [0.25, 0.3) is 11.8 Å². The molecule has 6 aliphatic rings. The SMILES string of the molecule is COc1cc2c(cc1OCCCOc1cc3c(cc1OC)C(=O)N1CC4(CC4)C[C@H]1C(O)N3C(=O)OCc1ccc(NC(=O)[C@H](C)NC(=O)[C@@H](NC(=O)CNC(=O)CNC(=O)CCC(=O)N3Cc4ccccc4C#Cc4ccccc43)C(C)C)cc1)NC[C@@H]1CC(c3ccc(CO)cc3)=CN1C2=O. The fourth-order valence-corrected chi connectivity index (χ4v) is 13.4. The maximum Gasteiger partial charge on any atom is 0.416 e. The molecule has 8 N–H and O–H groups in total. The molecule has 2 fully saturated rings. The highest BCUT2D eigenvalue weighted by Crippen LogP contribution is 2.57. The van der Waals surface area contributed by atoms with E-state index in [4.69, 9.17) is 23.7 Å². The minimum absolute atomic E-state index is 0.0528. The van der Waals surface area contributed by atoms with Crippen molar-refractivity contribution in [3.63, 3.8) is 0 Å². The summed E-state index contributed by atoms with van der Waals surface area (Å²) >= 11 is 0. The molecule has 5 atom stereocenters. The van der Waals surface area contributed by atoms with E-state index in [1.54, 1.807) is 71.0 Å². The molecule has 26 nitrogen and oxygen atoms in total. The Hall–Kier alpha value is -11.4. The van der Waals surface area contributed by atoms with Crippen LogP contribution in [0.1, 0.15) is 120 Å². The van der Waals surface area contributed by atoms with Gasteiger partial charge in [0.15, 0.2) is 29.2 Å². The van der Waals surface area contributed by atoms with Crippen LogP contribution < -0.4 is 60.6 Å². The molecule has 536 valence electrons. The first-order valence-corrected chi connectivity index (χ1v) is 34.3. The summed E-state index contributed by atoms with van der Waals surface area (Å²) in [5.41, 5.74) is 7.65. The summed E-state index contributed by atoms with van der Waals surface area (Å²) in [6.45, 7) is 4.93. The zero-order chi connectivity index (χ0) is 72.6. The number of nitrogens with one attached hydrogen (secondary N) is 6. The minimum Gasteiger partial charge on any atom is -0.493 e. The highest BCUT2D eigenvalue weighted by Gasteiger charge is 2.58. The predicted molar refractivity (Wildman–Crippen MR) is 380 cm³/mol. The number of hydrogen-bond donors (Lipinski definition) is 8. The fraction of sp³-hybridized carbons (Fsp3) is 0.364. The van der Waals surface area contributed by atoms with E-state index in [1.807, 2.05) is 72.9 Å². The number of rotatable bonds is 25. The Balaban J connectivity index is 0.606. The standard InChI is InChI=1S/C77H82N10O16/c1-45(2)70(83-68(91)39-80-67(90)38-79-66(89)25-26-69(92)85-40-52-13-7-6-11-49(52)21-22-51-12-8-9-14-59(51)85)72(94)81-46(3)71(93)82-54-23-17-48(18-24-54)43-103-76(98)87-60-35-65(63(100-5)33-57(60)74(96)86-44-77(27-28-77)36-61(86)75(87)97)102-30-10-29-101-64-34-58-56(32-62(64)99-4)73(95)84-41-53(31-55(84)37-78-58)50-19-15-47(42-88)16-20-50/h6-9,11-20,23-24,32-35,41,45-46,55,61,70,75,78,88,97H,10,25-31,36-40,42-44H2,1-5H3,(H,79,89)(H,80,90)(H,81,94)(H,82,93)(H,83,91)/t46-,55-,61-,70-,75?/m0/s1. The molecule has 6 aromatic carbocycles. The Morgan fingerprint density at radius 2 is 1.36 bits per heavy atom. The maximum atomic E-state index is 14.5. The number of fused-ring (bicyclic) bond motifs is 6. The molecule has 0 radical (unpaired) electrons. The number of carbonyl (C=O) groups is 9. The van der Waals surface area contributed by atoms with Gasteiger partial charge in [0, 0.05) is 67.5 Å². The summed E-state index contributed by atoms with van der Waals surface area (Å²) in [5.74, 6) is 2.96. The van der Waals surface area contributed by atoms with E-state index in [9.17, 15) is 53.4 Å². The number of nitrogens with zero attached hydrogens (tertiary/aromatic N) is 4. The number of aliphatic hydroxyl groups is 2. The Morgan fingerprint density at radius 3 is 2.07 bits per heavy atom. The first-order valence-electron chi connectivity index (χ1n) is 34.3. The summed E-state index contributed by atoms with van der Waals surface area (Å²) in [6.07, 6.45) is 2.33. The van der Waals surface area contributed by atoms with Crippen molar-refractivity contribution >= 4 is 81.7 Å². The molecule has 26 heteroatoms. The number of anilines is 4. The van der Waals surface area contributed by atoms with Crippen LogP contribution in [0.5, 0.6) is 23.0 Å². The van der Waals surface area contributed by atoms with Crippen LogP contribution >= 0.6 is 0 Å². The summed E-state index contributed by atoms with van der Waals surface area (Å²) in [6, 6.07) is 32.2. The third kappa shape index (κ3) is 16.2. The van der Waals surface area contributed by atoms with Crippen LogP contribution in [0.2, 0.25) is 0 Å². The van der Waals surface area contributed by atoms with Gasteiger partial charge in [-0.05, 0) is 114 Å². The largest absolute Gasteiger partial charge is 0.493 e. The molecule has 0 aromatic heterocycles. The Kier molecular flexibility index (Phi) is 21.6. The van der Waals surface area contributed by atoms with Gasteiger partial charge in [-0.3, -0.25) is 38.4 Å². The van der Waals surface area contributed by atoms with E-state index < -0.39 is 79.0 Å². The first-order chi connectivity index (χ1) is 49.7. The molecule has 1 unspecified atom stereocenters. The number of benzene rings is 6. The van der Waals surface area contributed by atoms with Gasteiger partial charge in [0.05, 0.1) is 93.9 Å². The van der Waals surface area contributed by atoms with E-state index in [-0.39, 0.29) is 97.7 Å². The second-order valence-corrected chi connectivity index (χ2v) is 26.8. The van der Waals surface area contributed by atoms with Crippen LogP contribution in [-0.2, 0) is 53.3 Å². The quantitative estimate of drug-likeness (QED) is 0.0217. The van der Waals surface area contributed by atoms with Crippen molar-refractivity contribution in [3.05, 3.63) is 172 Å². The van der Waals surface area contributed by atoms with Gasteiger partial charge in [-0.15, -0.1) is 0 Å². The van der Waals surface area contributed by atoms with Gasteiger partial charge < -0.3 is 80.5 Å². The minimum atomic E-state index is -1.50. The van der Waals surface area contributed by atoms with Crippen molar-refractivity contribution in [1.82, 2.24) is 31.1 Å². The summed E-state index contributed by atoms with van der Waals surface area (Å²) in [4.78, 5) is 128. The third-order valence-corrected chi connectivity index (χ3v) is 19.3. The molecule has 6 aromatic rings. The number of ether oxygens (including phenoxy) is 5. The van der Waals surface area contributed by atoms with Gasteiger partial charge in [0.2, 0.25) is 35.4 Å². The highest BCUT2D eigenvalue weighted by molar-refractivity contribution is 6.07. The Bertz CT molecular complexity index is 4390. The van der Waals surface area contributed by atoms with Gasteiger partial charge in [-0.2, -0.15) is 0 Å². The summed E-state index contributed by atoms with van der Waals surface area (Å²) in [7, 11) is 2.93. The molecular formula is C77H82N10O16. The third-order valence-electron chi connectivity index (χ3n) is 19.3. The lowest BCUT2D eigenvalue weighted by Gasteiger charge is -2.31. The van der Waals surface area contributed by atoms with Crippen LogP contribution in [0.15, 0.2) is 128 Å². The Morgan fingerprint density at radius 1 is 0.699 bits per heavy atom. The average Bonchev–Trinajstić information content (AvgIpc) is 1.56. The van der Waals surface area contributed by atoms with Crippen molar-refractivity contribution in [2.24, 2.45) is 11.3 Å². The molecular weight excluding hydrogens is 1320 g/mol. The van der Waals surface area contributed by atoms with Gasteiger partial charge in [0.1, 0.15) is 18.7 Å². The monoisotopic (exact) mass is 1400 g/mol. The predicted octanol–water partition coefficient (Wildman–Crippen LogP) is 6.74. The molecule has 0 bridgehead atoms. The number of carbonyl (C=O) groups excluding carboxylic acids is 9. The van der Waals surface area contributed by atoms with E-state index >= 15 is 0 Å². The van der Waals surface area contributed by atoms with Crippen molar-refractivity contribution in [3.8, 4) is 34.8 Å². The first kappa shape index (κ1) is 71.4. The fourth-order valence-electron chi connectivity index (χ4n) is 13.4. The second kappa shape index (κ2) is 31.2. The van der Waals surface area contributed by atoms with Crippen LogP contribution in [-0.4, -0.2) is 157 Å². The average molecular weight is 1400 g/mol. The van der Waals surface area contributed by atoms with Crippen LogP contribution in [0.4, 0.5) is 27.5 Å². The van der Waals surface area contributed by atoms with E-state index in [1.165, 1.54) is 33.3 Å². The van der Waals surface area contributed by atoms with E-state index in [0.29, 0.717) is 77.6 Å². The lowest BCUT2D eigenvalue weighted by atomic mass is 10.0. The molecule has 1 spiro atoms. The number of hydrogen-bond acceptors (Lipinski definition) is 17. The molecule has 9 amide bonds. The van der Waals surface area contributed by atoms with Gasteiger partial charge in [-0.25, -0.2) is 9.69 Å². The molecule has 5 heterocycles. The molecule has 12 rings (SSSR count). The number of methoxy groups -OCH3 is 2. The van der Waals surface area contributed by atoms with Gasteiger partial charge >= 0.3 is 6.09 Å². The second-order valence-electron chi connectivity index (χ2n) is 26.8. The summed E-state index contributed by atoms with van der Waals surface area (Å²) in [5, 5.41) is 38.0. The van der Waals surface area contributed by atoms with Crippen LogP contribution in [0.3, 0.4) is 0 Å². The molecule has 1 saturated carbocycles. The Labute approximate surface area is 595 Å². The van der Waals surface area contributed by atoms with Crippen molar-refractivity contribution in [2.45, 2.75) is 116 Å². The maximum absolute atomic E-state index is 14.5. The normalized spacial score (nSPS) is 17.7. The molecule has 5 aliphatic heterocycles.